The van der Waals surface area contributed by atoms with Crippen LogP contribution in [0.3, 0.4) is 0 Å². The number of aryl methyl sites for hydroxylation is 1. The van der Waals surface area contributed by atoms with E-state index < -0.39 is 10.0 Å². The predicted octanol–water partition coefficient (Wildman–Crippen LogP) is 1.82. The molecule has 4 nitrogen and oxygen atoms in total. The van der Waals surface area contributed by atoms with E-state index >= 15 is 0 Å². The van der Waals surface area contributed by atoms with Gasteiger partial charge >= 0.3 is 0 Å². The molecule has 0 aliphatic rings. The average Bonchev–Trinajstić information content (AvgIpc) is 2.15. The van der Waals surface area contributed by atoms with E-state index in [1.54, 1.807) is 25.1 Å². The molecule has 0 aliphatic carbocycles. The Morgan fingerprint density at radius 1 is 1.47 bits per heavy atom. The van der Waals surface area contributed by atoms with Crippen LogP contribution in [0.25, 0.3) is 0 Å². The minimum absolute atomic E-state index is 0.181. The van der Waals surface area contributed by atoms with Gasteiger partial charge in [-0.25, -0.2) is 13.1 Å². The van der Waals surface area contributed by atoms with Crippen LogP contribution < -0.4 is 10.5 Å². The zero-order chi connectivity index (χ0) is 13.1. The SMILES string of the molecule is C=CCC(C)NS(=O)(=O)c1cc(C)cc(N)c1. The van der Waals surface area contributed by atoms with E-state index in [9.17, 15) is 8.42 Å². The maximum atomic E-state index is 12.0. The number of rotatable bonds is 5. The van der Waals surface area contributed by atoms with Gasteiger partial charge in [0.05, 0.1) is 4.90 Å². The number of benzene rings is 1. The summed E-state index contributed by atoms with van der Waals surface area (Å²) >= 11 is 0. The fraction of sp³-hybridized carbons (Fsp3) is 0.333. The molecule has 1 aromatic carbocycles. The summed E-state index contributed by atoms with van der Waals surface area (Å²) in [6.45, 7) is 7.17. The van der Waals surface area contributed by atoms with Crippen molar-refractivity contribution in [2.24, 2.45) is 0 Å². The second kappa shape index (κ2) is 5.33. The number of hydrogen-bond donors (Lipinski definition) is 2. The van der Waals surface area contributed by atoms with Crippen LogP contribution in [0.2, 0.25) is 0 Å². The zero-order valence-corrected chi connectivity index (χ0v) is 10.9. The standard InChI is InChI=1S/C12H18N2O2S/c1-4-5-10(3)14-17(15,16)12-7-9(2)6-11(13)8-12/h4,6-8,10,14H,1,5,13H2,2-3H3. The quantitative estimate of drug-likeness (QED) is 0.622. The smallest absolute Gasteiger partial charge is 0.240 e. The highest BCUT2D eigenvalue weighted by atomic mass is 32.2. The molecule has 0 amide bonds. The molecule has 17 heavy (non-hydrogen) atoms. The first kappa shape index (κ1) is 13.7. The summed E-state index contributed by atoms with van der Waals surface area (Å²) in [6.07, 6.45) is 2.26. The van der Waals surface area contributed by atoms with Gasteiger partial charge in [0.1, 0.15) is 0 Å². The molecule has 1 rings (SSSR count). The van der Waals surface area contributed by atoms with Crippen molar-refractivity contribution in [2.75, 3.05) is 5.73 Å². The first-order valence-electron chi connectivity index (χ1n) is 5.35. The summed E-state index contributed by atoms with van der Waals surface area (Å²) in [5, 5.41) is 0. The molecular weight excluding hydrogens is 236 g/mol. The van der Waals surface area contributed by atoms with Gasteiger partial charge in [-0.05, 0) is 44.0 Å². The first-order chi connectivity index (χ1) is 7.85. The molecule has 0 radical (unpaired) electrons. The molecule has 0 aromatic heterocycles. The van der Waals surface area contributed by atoms with Gasteiger partial charge in [-0.3, -0.25) is 0 Å². The summed E-state index contributed by atoms with van der Waals surface area (Å²) < 4.78 is 26.6. The van der Waals surface area contributed by atoms with Crippen molar-refractivity contribution in [3.05, 3.63) is 36.4 Å². The van der Waals surface area contributed by atoms with Crippen molar-refractivity contribution in [1.29, 1.82) is 0 Å². The van der Waals surface area contributed by atoms with Crippen molar-refractivity contribution in [2.45, 2.75) is 31.2 Å². The van der Waals surface area contributed by atoms with Gasteiger partial charge in [-0.2, -0.15) is 0 Å². The normalized spacial score (nSPS) is 13.3. The fourth-order valence-corrected chi connectivity index (χ4v) is 2.96. The van der Waals surface area contributed by atoms with Crippen LogP contribution in [0, 0.1) is 6.92 Å². The molecule has 3 N–H and O–H groups in total. The van der Waals surface area contributed by atoms with Gasteiger partial charge in [0.15, 0.2) is 0 Å². The second-order valence-electron chi connectivity index (χ2n) is 4.13. The maximum Gasteiger partial charge on any atom is 0.240 e. The number of anilines is 1. The van der Waals surface area contributed by atoms with E-state index in [2.05, 4.69) is 11.3 Å². The Morgan fingerprint density at radius 3 is 2.65 bits per heavy atom. The predicted molar refractivity (Wildman–Crippen MR) is 70.2 cm³/mol. The highest BCUT2D eigenvalue weighted by Gasteiger charge is 2.17. The van der Waals surface area contributed by atoms with Crippen LogP contribution >= 0.6 is 0 Å². The van der Waals surface area contributed by atoms with Crippen molar-refractivity contribution in [3.8, 4) is 0 Å². The van der Waals surface area contributed by atoms with E-state index in [0.717, 1.165) is 5.56 Å². The van der Waals surface area contributed by atoms with Gasteiger partial charge in [0.25, 0.3) is 0 Å². The lowest BCUT2D eigenvalue weighted by atomic mass is 10.2. The topological polar surface area (TPSA) is 72.2 Å². The molecule has 5 heteroatoms. The number of nitrogens with one attached hydrogen (secondary N) is 1. The third kappa shape index (κ3) is 3.87. The molecule has 0 heterocycles. The Morgan fingerprint density at radius 2 is 2.12 bits per heavy atom. The minimum atomic E-state index is -3.50. The lowest BCUT2D eigenvalue weighted by molar-refractivity contribution is 0.562. The van der Waals surface area contributed by atoms with Crippen LogP contribution in [0.5, 0.6) is 0 Å². The van der Waals surface area contributed by atoms with Crippen molar-refractivity contribution in [1.82, 2.24) is 4.72 Å². The van der Waals surface area contributed by atoms with Gasteiger partial charge in [-0.15, -0.1) is 6.58 Å². The maximum absolute atomic E-state index is 12.0. The fourth-order valence-electron chi connectivity index (χ4n) is 1.56. The highest BCUT2D eigenvalue weighted by Crippen LogP contribution is 2.16. The zero-order valence-electron chi connectivity index (χ0n) is 10.1. The Kier molecular flexibility index (Phi) is 4.31. The number of hydrogen-bond acceptors (Lipinski definition) is 3. The average molecular weight is 254 g/mol. The third-order valence-electron chi connectivity index (χ3n) is 2.26. The highest BCUT2D eigenvalue weighted by molar-refractivity contribution is 7.89. The Balaban J connectivity index is 3.00. The Labute approximate surface area is 103 Å². The lowest BCUT2D eigenvalue weighted by Gasteiger charge is -2.13. The largest absolute Gasteiger partial charge is 0.399 e. The first-order valence-corrected chi connectivity index (χ1v) is 6.84. The molecule has 94 valence electrons. The summed E-state index contributed by atoms with van der Waals surface area (Å²) in [5.41, 5.74) is 6.90. The Bertz CT molecular complexity index is 489. The number of sulfonamides is 1. The summed E-state index contributed by atoms with van der Waals surface area (Å²) in [4.78, 5) is 0.200. The molecule has 0 saturated heterocycles. The Hall–Kier alpha value is -1.33. The van der Waals surface area contributed by atoms with Crippen LogP contribution in [0.15, 0.2) is 35.7 Å². The molecular formula is C12H18N2O2S. The summed E-state index contributed by atoms with van der Waals surface area (Å²) in [5.74, 6) is 0. The molecule has 1 atom stereocenters. The second-order valence-corrected chi connectivity index (χ2v) is 5.84. The van der Waals surface area contributed by atoms with E-state index in [0.29, 0.717) is 12.1 Å². The summed E-state index contributed by atoms with van der Waals surface area (Å²) in [7, 11) is -3.50. The van der Waals surface area contributed by atoms with Crippen molar-refractivity contribution in [3.63, 3.8) is 0 Å². The van der Waals surface area contributed by atoms with Gasteiger partial charge in [0.2, 0.25) is 10.0 Å². The van der Waals surface area contributed by atoms with E-state index in [1.165, 1.54) is 6.07 Å². The molecule has 1 unspecified atom stereocenters. The van der Waals surface area contributed by atoms with Crippen LogP contribution in [-0.4, -0.2) is 14.5 Å². The number of nitrogens with two attached hydrogens (primary N) is 1. The van der Waals surface area contributed by atoms with Crippen LogP contribution in [0.4, 0.5) is 5.69 Å². The lowest BCUT2D eigenvalue weighted by Crippen LogP contribution is -2.32. The minimum Gasteiger partial charge on any atom is -0.399 e. The van der Waals surface area contributed by atoms with Gasteiger partial charge < -0.3 is 5.73 Å². The van der Waals surface area contributed by atoms with E-state index in [1.807, 2.05) is 6.92 Å². The molecule has 1 aromatic rings. The van der Waals surface area contributed by atoms with E-state index in [4.69, 9.17) is 5.73 Å². The molecule has 0 aliphatic heterocycles. The summed E-state index contributed by atoms with van der Waals surface area (Å²) in [6, 6.07) is 4.60. The third-order valence-corrected chi connectivity index (χ3v) is 3.83. The molecule has 0 fully saturated rings. The number of nitrogen functional groups attached to an aromatic ring is 1. The van der Waals surface area contributed by atoms with Crippen molar-refractivity contribution < 1.29 is 8.42 Å². The van der Waals surface area contributed by atoms with Gasteiger partial charge in [-0.1, -0.05) is 6.08 Å². The van der Waals surface area contributed by atoms with E-state index in [-0.39, 0.29) is 10.9 Å². The monoisotopic (exact) mass is 254 g/mol. The van der Waals surface area contributed by atoms with Crippen molar-refractivity contribution >= 4 is 15.7 Å². The molecule has 0 spiro atoms. The van der Waals surface area contributed by atoms with Crippen LogP contribution in [-0.2, 0) is 10.0 Å². The molecule has 0 saturated carbocycles. The van der Waals surface area contributed by atoms with Crippen LogP contribution in [0.1, 0.15) is 18.9 Å². The molecule has 0 bridgehead atoms. The van der Waals surface area contributed by atoms with Gasteiger partial charge in [0, 0.05) is 11.7 Å².